The van der Waals surface area contributed by atoms with Crippen LogP contribution in [0.25, 0.3) is 6.08 Å². The summed E-state index contributed by atoms with van der Waals surface area (Å²) < 4.78 is 5.55. The highest BCUT2D eigenvalue weighted by atomic mass is 35.5. The maximum atomic E-state index is 5.58. The van der Waals surface area contributed by atoms with Crippen molar-refractivity contribution in [2.75, 3.05) is 5.88 Å². The summed E-state index contributed by atoms with van der Waals surface area (Å²) in [4.78, 5) is 0. The van der Waals surface area contributed by atoms with E-state index in [1.54, 1.807) is 0 Å². The molecule has 0 radical (unpaired) electrons. The molecule has 0 fully saturated rings. The van der Waals surface area contributed by atoms with Crippen LogP contribution in [0.2, 0.25) is 0 Å². The molecular weight excluding hydrogens is 208 g/mol. The summed E-state index contributed by atoms with van der Waals surface area (Å²) in [5, 5.41) is 0. The molecule has 2 heteroatoms. The van der Waals surface area contributed by atoms with Crippen molar-refractivity contribution in [3.05, 3.63) is 35.9 Å². The van der Waals surface area contributed by atoms with Gasteiger partial charge in [-0.2, -0.15) is 0 Å². The van der Waals surface area contributed by atoms with E-state index in [0.717, 1.165) is 12.2 Å². The third kappa shape index (κ3) is 4.89. The zero-order chi connectivity index (χ0) is 11.1. The van der Waals surface area contributed by atoms with Crippen LogP contribution in [-0.4, -0.2) is 12.0 Å². The summed E-state index contributed by atoms with van der Waals surface area (Å²) in [6.07, 6.45) is 5.28. The van der Waals surface area contributed by atoms with Crippen molar-refractivity contribution in [1.82, 2.24) is 0 Å². The molecule has 0 aromatic heterocycles. The first-order valence-electron chi connectivity index (χ1n) is 5.21. The van der Waals surface area contributed by atoms with Gasteiger partial charge in [-0.1, -0.05) is 24.3 Å². The van der Waals surface area contributed by atoms with E-state index in [1.165, 1.54) is 5.56 Å². The predicted molar refractivity (Wildman–Crippen MR) is 66.6 cm³/mol. The standard InChI is InChI=1S/C13H17ClO/c1-11(2)15-13-8-6-12(7-9-13)5-3-4-10-14/h3,5-9,11H,4,10H2,1-2H3. The lowest BCUT2D eigenvalue weighted by molar-refractivity contribution is 0.242. The number of rotatable bonds is 5. The quantitative estimate of drug-likeness (QED) is 0.684. The molecule has 0 aliphatic carbocycles. The lowest BCUT2D eigenvalue weighted by Crippen LogP contribution is -2.05. The second-order valence-electron chi connectivity index (χ2n) is 3.62. The lowest BCUT2D eigenvalue weighted by atomic mass is 10.2. The van der Waals surface area contributed by atoms with E-state index in [4.69, 9.17) is 16.3 Å². The fourth-order valence-corrected chi connectivity index (χ4v) is 1.34. The Bertz CT molecular complexity index is 301. The summed E-state index contributed by atoms with van der Waals surface area (Å²) in [6, 6.07) is 8.06. The zero-order valence-corrected chi connectivity index (χ0v) is 10.00. The molecule has 82 valence electrons. The molecule has 0 bridgehead atoms. The summed E-state index contributed by atoms with van der Waals surface area (Å²) in [5.41, 5.74) is 1.18. The molecular formula is C13H17ClO. The van der Waals surface area contributed by atoms with Crippen molar-refractivity contribution in [2.45, 2.75) is 26.4 Å². The predicted octanol–water partition coefficient (Wildman–Crippen LogP) is 4.12. The van der Waals surface area contributed by atoms with Crippen LogP contribution in [0.5, 0.6) is 5.75 Å². The van der Waals surface area contributed by atoms with Gasteiger partial charge in [-0.25, -0.2) is 0 Å². The minimum absolute atomic E-state index is 0.225. The van der Waals surface area contributed by atoms with Gasteiger partial charge in [0.05, 0.1) is 6.10 Å². The normalized spacial score (nSPS) is 11.2. The van der Waals surface area contributed by atoms with E-state index in [9.17, 15) is 0 Å². The number of alkyl halides is 1. The molecule has 1 aromatic carbocycles. The Labute approximate surface area is 96.7 Å². The van der Waals surface area contributed by atoms with Crippen LogP contribution in [0, 0.1) is 0 Å². The number of benzene rings is 1. The van der Waals surface area contributed by atoms with Crippen molar-refractivity contribution in [3.63, 3.8) is 0 Å². The fourth-order valence-electron chi connectivity index (χ4n) is 1.21. The first-order valence-corrected chi connectivity index (χ1v) is 5.75. The van der Waals surface area contributed by atoms with Crippen LogP contribution in [0.3, 0.4) is 0 Å². The number of hydrogen-bond acceptors (Lipinski definition) is 1. The molecule has 0 unspecified atom stereocenters. The van der Waals surface area contributed by atoms with Crippen molar-refractivity contribution < 1.29 is 4.74 Å². The molecule has 0 aliphatic heterocycles. The van der Waals surface area contributed by atoms with Gasteiger partial charge < -0.3 is 4.74 Å². The Morgan fingerprint density at radius 1 is 1.27 bits per heavy atom. The molecule has 1 aromatic rings. The second kappa shape index (κ2) is 6.52. The van der Waals surface area contributed by atoms with Crippen LogP contribution in [0.15, 0.2) is 30.3 Å². The maximum absolute atomic E-state index is 5.58. The maximum Gasteiger partial charge on any atom is 0.119 e. The summed E-state index contributed by atoms with van der Waals surface area (Å²) in [5.74, 6) is 1.59. The number of hydrogen-bond donors (Lipinski definition) is 0. The minimum atomic E-state index is 0.225. The van der Waals surface area contributed by atoms with E-state index in [1.807, 2.05) is 38.1 Å². The molecule has 0 heterocycles. The third-order valence-electron chi connectivity index (χ3n) is 1.84. The van der Waals surface area contributed by atoms with Crippen LogP contribution in [0.4, 0.5) is 0 Å². The van der Waals surface area contributed by atoms with Gasteiger partial charge in [0.2, 0.25) is 0 Å². The highest BCUT2D eigenvalue weighted by molar-refractivity contribution is 6.17. The Morgan fingerprint density at radius 2 is 1.93 bits per heavy atom. The van der Waals surface area contributed by atoms with Gasteiger partial charge in [0.25, 0.3) is 0 Å². The molecule has 0 saturated carbocycles. The van der Waals surface area contributed by atoms with Gasteiger partial charge >= 0.3 is 0 Å². The van der Waals surface area contributed by atoms with E-state index in [2.05, 4.69) is 12.2 Å². The van der Waals surface area contributed by atoms with Crippen molar-refractivity contribution in [3.8, 4) is 5.75 Å². The van der Waals surface area contributed by atoms with Gasteiger partial charge in [0, 0.05) is 5.88 Å². The van der Waals surface area contributed by atoms with Crippen LogP contribution in [-0.2, 0) is 0 Å². The highest BCUT2D eigenvalue weighted by Gasteiger charge is 1.95. The molecule has 0 spiro atoms. The summed E-state index contributed by atoms with van der Waals surface area (Å²) >= 11 is 5.58. The largest absolute Gasteiger partial charge is 0.491 e. The van der Waals surface area contributed by atoms with Crippen molar-refractivity contribution in [1.29, 1.82) is 0 Å². The topological polar surface area (TPSA) is 9.23 Å². The molecule has 0 saturated heterocycles. The Kier molecular flexibility index (Phi) is 5.27. The minimum Gasteiger partial charge on any atom is -0.491 e. The second-order valence-corrected chi connectivity index (χ2v) is 3.99. The Morgan fingerprint density at radius 3 is 2.47 bits per heavy atom. The highest BCUT2D eigenvalue weighted by Crippen LogP contribution is 2.14. The smallest absolute Gasteiger partial charge is 0.119 e. The molecule has 1 nitrogen and oxygen atoms in total. The summed E-state index contributed by atoms with van der Waals surface area (Å²) in [7, 11) is 0. The van der Waals surface area contributed by atoms with Gasteiger partial charge in [0.15, 0.2) is 0 Å². The van der Waals surface area contributed by atoms with Crippen molar-refractivity contribution >= 4 is 17.7 Å². The van der Waals surface area contributed by atoms with Gasteiger partial charge in [0.1, 0.15) is 5.75 Å². The SMILES string of the molecule is CC(C)Oc1ccc(C=CCCCl)cc1. The molecule has 1 rings (SSSR count). The van der Waals surface area contributed by atoms with Crippen molar-refractivity contribution in [2.24, 2.45) is 0 Å². The number of halogens is 1. The zero-order valence-electron chi connectivity index (χ0n) is 9.24. The van der Waals surface area contributed by atoms with Crippen LogP contribution in [0.1, 0.15) is 25.8 Å². The fraction of sp³-hybridized carbons (Fsp3) is 0.385. The van der Waals surface area contributed by atoms with E-state index < -0.39 is 0 Å². The molecule has 15 heavy (non-hydrogen) atoms. The molecule has 0 N–H and O–H groups in total. The first-order chi connectivity index (χ1) is 7.22. The van der Waals surface area contributed by atoms with Crippen LogP contribution < -0.4 is 4.74 Å². The Balaban J connectivity index is 2.56. The monoisotopic (exact) mass is 224 g/mol. The van der Waals surface area contributed by atoms with E-state index in [0.29, 0.717) is 5.88 Å². The molecule has 0 atom stereocenters. The average Bonchev–Trinajstić information content (AvgIpc) is 2.20. The Hall–Kier alpha value is -0.950. The first kappa shape index (κ1) is 12.1. The van der Waals surface area contributed by atoms with E-state index in [-0.39, 0.29) is 6.10 Å². The lowest BCUT2D eigenvalue weighted by Gasteiger charge is -2.09. The summed E-state index contributed by atoms with van der Waals surface area (Å²) in [6.45, 7) is 4.04. The van der Waals surface area contributed by atoms with Gasteiger partial charge in [-0.15, -0.1) is 11.6 Å². The molecule has 0 amide bonds. The third-order valence-corrected chi connectivity index (χ3v) is 2.06. The molecule has 0 aliphatic rings. The van der Waals surface area contributed by atoms with Gasteiger partial charge in [-0.3, -0.25) is 0 Å². The average molecular weight is 225 g/mol. The number of ether oxygens (including phenoxy) is 1. The number of allylic oxidation sites excluding steroid dienone is 1. The van der Waals surface area contributed by atoms with E-state index >= 15 is 0 Å². The van der Waals surface area contributed by atoms with Gasteiger partial charge in [-0.05, 0) is 38.0 Å². The van der Waals surface area contributed by atoms with Crippen LogP contribution >= 0.6 is 11.6 Å².